The first kappa shape index (κ1) is 20.0. The molecule has 0 atom stereocenters. The molecule has 0 spiro atoms. The number of carbonyl (C=O) groups is 2. The van der Waals surface area contributed by atoms with E-state index in [9.17, 15) is 9.59 Å². The Labute approximate surface area is 169 Å². The lowest BCUT2D eigenvalue weighted by Gasteiger charge is -2.17. The Bertz CT molecular complexity index is 960. The van der Waals surface area contributed by atoms with Crippen LogP contribution >= 0.6 is 11.8 Å². The summed E-state index contributed by atoms with van der Waals surface area (Å²) in [7, 11) is 3.10. The molecule has 0 saturated heterocycles. The predicted molar refractivity (Wildman–Crippen MR) is 113 cm³/mol. The summed E-state index contributed by atoms with van der Waals surface area (Å²) in [6, 6.07) is 11.0. The van der Waals surface area contributed by atoms with Crippen molar-refractivity contribution in [2.24, 2.45) is 0 Å². The third kappa shape index (κ3) is 3.52. The number of hydrogen-bond acceptors (Lipinski definition) is 5. The SMILES string of the molecule is CCSC1=C(c2ccc(OC)c(OC)c2)C(=O)N(c2cc(C)cc(C)c2)C1=O. The fourth-order valence-corrected chi connectivity index (χ4v) is 4.20. The molecule has 0 bridgehead atoms. The topological polar surface area (TPSA) is 55.8 Å². The molecule has 5 nitrogen and oxygen atoms in total. The van der Waals surface area contributed by atoms with Gasteiger partial charge >= 0.3 is 0 Å². The van der Waals surface area contributed by atoms with E-state index in [2.05, 4.69) is 0 Å². The second-order valence-corrected chi connectivity index (χ2v) is 7.77. The van der Waals surface area contributed by atoms with Crippen LogP contribution in [0.4, 0.5) is 5.69 Å². The van der Waals surface area contributed by atoms with Gasteiger partial charge in [0, 0.05) is 0 Å². The van der Waals surface area contributed by atoms with Crippen molar-refractivity contribution >= 4 is 34.8 Å². The Balaban J connectivity index is 2.13. The zero-order valence-electron chi connectivity index (χ0n) is 16.7. The van der Waals surface area contributed by atoms with Crippen LogP contribution in [0.5, 0.6) is 11.5 Å². The highest BCUT2D eigenvalue weighted by Gasteiger charge is 2.40. The quantitative estimate of drug-likeness (QED) is 0.678. The first-order valence-electron chi connectivity index (χ1n) is 8.97. The fourth-order valence-electron chi connectivity index (χ4n) is 3.35. The predicted octanol–water partition coefficient (Wildman–Crippen LogP) is 4.36. The number of amides is 2. The molecule has 0 fully saturated rings. The summed E-state index contributed by atoms with van der Waals surface area (Å²) >= 11 is 1.38. The summed E-state index contributed by atoms with van der Waals surface area (Å²) in [6.45, 7) is 5.86. The van der Waals surface area contributed by atoms with Crippen molar-refractivity contribution in [3.8, 4) is 11.5 Å². The second-order valence-electron chi connectivity index (χ2n) is 6.50. The minimum atomic E-state index is -0.321. The van der Waals surface area contributed by atoms with Crippen molar-refractivity contribution < 1.29 is 19.1 Å². The minimum absolute atomic E-state index is 0.286. The molecule has 0 aliphatic carbocycles. The van der Waals surface area contributed by atoms with Gasteiger partial charge in [-0.15, -0.1) is 11.8 Å². The highest BCUT2D eigenvalue weighted by Crippen LogP contribution is 2.40. The summed E-state index contributed by atoms with van der Waals surface area (Å²) in [4.78, 5) is 28.2. The summed E-state index contributed by atoms with van der Waals surface area (Å²) in [6.07, 6.45) is 0. The zero-order valence-corrected chi connectivity index (χ0v) is 17.5. The summed E-state index contributed by atoms with van der Waals surface area (Å²) in [5, 5.41) is 0. The van der Waals surface area contributed by atoms with Gasteiger partial charge in [-0.1, -0.05) is 19.1 Å². The first-order chi connectivity index (χ1) is 13.4. The molecule has 2 aromatic carbocycles. The standard InChI is InChI=1S/C22H23NO4S/c1-6-28-20-19(15-7-8-17(26-4)18(12-15)27-5)21(24)23(22(20)25)16-10-13(2)9-14(3)11-16/h7-12H,6H2,1-5H3. The second kappa shape index (κ2) is 8.10. The highest BCUT2D eigenvalue weighted by molar-refractivity contribution is 8.04. The van der Waals surface area contributed by atoms with Gasteiger partial charge in [0.25, 0.3) is 11.8 Å². The van der Waals surface area contributed by atoms with E-state index in [1.54, 1.807) is 32.4 Å². The molecule has 3 rings (SSSR count). The lowest BCUT2D eigenvalue weighted by molar-refractivity contribution is -0.119. The van der Waals surface area contributed by atoms with E-state index in [-0.39, 0.29) is 11.8 Å². The molecule has 0 N–H and O–H groups in total. The van der Waals surface area contributed by atoms with Crippen LogP contribution < -0.4 is 14.4 Å². The minimum Gasteiger partial charge on any atom is -0.493 e. The molecule has 2 aromatic rings. The van der Waals surface area contributed by atoms with Crippen molar-refractivity contribution in [1.29, 1.82) is 0 Å². The van der Waals surface area contributed by atoms with Gasteiger partial charge in [0.05, 0.1) is 30.4 Å². The van der Waals surface area contributed by atoms with Crippen LogP contribution in [0.2, 0.25) is 0 Å². The monoisotopic (exact) mass is 397 g/mol. The van der Waals surface area contributed by atoms with Crippen LogP contribution in [0.15, 0.2) is 41.3 Å². The lowest BCUT2D eigenvalue weighted by atomic mass is 10.1. The average Bonchev–Trinajstić information content (AvgIpc) is 2.90. The van der Waals surface area contributed by atoms with E-state index in [4.69, 9.17) is 9.47 Å². The number of aryl methyl sites for hydroxylation is 2. The van der Waals surface area contributed by atoms with Gasteiger partial charge in [-0.3, -0.25) is 9.59 Å². The molecule has 1 aliphatic heterocycles. The Morgan fingerprint density at radius 2 is 1.54 bits per heavy atom. The van der Waals surface area contributed by atoms with Crippen LogP contribution in [-0.2, 0) is 9.59 Å². The normalized spacial score (nSPS) is 14.1. The largest absolute Gasteiger partial charge is 0.493 e. The van der Waals surface area contributed by atoms with E-state index in [0.29, 0.717) is 39.0 Å². The van der Waals surface area contributed by atoms with E-state index >= 15 is 0 Å². The molecular formula is C22H23NO4S. The third-order valence-electron chi connectivity index (χ3n) is 4.47. The molecule has 28 heavy (non-hydrogen) atoms. The fraction of sp³-hybridized carbons (Fsp3) is 0.273. The number of ether oxygens (including phenoxy) is 2. The van der Waals surface area contributed by atoms with E-state index in [1.807, 2.05) is 39.0 Å². The Kier molecular flexibility index (Phi) is 5.79. The summed E-state index contributed by atoms with van der Waals surface area (Å²) in [5.41, 5.74) is 3.63. The molecule has 2 amide bonds. The summed E-state index contributed by atoms with van der Waals surface area (Å²) in [5.74, 6) is 1.16. The smallest absolute Gasteiger partial charge is 0.272 e. The molecule has 0 saturated carbocycles. The van der Waals surface area contributed by atoms with Gasteiger partial charge in [-0.25, -0.2) is 4.90 Å². The Morgan fingerprint density at radius 3 is 2.11 bits per heavy atom. The Hall–Kier alpha value is -2.73. The molecular weight excluding hydrogens is 374 g/mol. The van der Waals surface area contributed by atoms with E-state index < -0.39 is 0 Å². The van der Waals surface area contributed by atoms with Crippen LogP contribution in [-0.4, -0.2) is 31.8 Å². The van der Waals surface area contributed by atoms with E-state index in [1.165, 1.54) is 16.7 Å². The maximum atomic E-state index is 13.3. The molecule has 0 radical (unpaired) electrons. The first-order valence-corrected chi connectivity index (χ1v) is 9.96. The van der Waals surface area contributed by atoms with Gasteiger partial charge in [-0.05, 0) is 60.6 Å². The van der Waals surface area contributed by atoms with Crippen molar-refractivity contribution in [2.45, 2.75) is 20.8 Å². The maximum Gasteiger partial charge on any atom is 0.272 e. The number of hydrogen-bond donors (Lipinski definition) is 0. The number of methoxy groups -OCH3 is 2. The average molecular weight is 397 g/mol. The summed E-state index contributed by atoms with van der Waals surface area (Å²) < 4.78 is 10.7. The molecule has 1 aliphatic rings. The van der Waals surface area contributed by atoms with Crippen molar-refractivity contribution in [3.63, 3.8) is 0 Å². The van der Waals surface area contributed by atoms with Crippen LogP contribution in [0.1, 0.15) is 23.6 Å². The number of carbonyl (C=O) groups excluding carboxylic acids is 2. The van der Waals surface area contributed by atoms with Crippen molar-refractivity contribution in [3.05, 3.63) is 58.0 Å². The number of imide groups is 1. The van der Waals surface area contributed by atoms with Gasteiger partial charge < -0.3 is 9.47 Å². The molecule has 0 unspecified atom stereocenters. The van der Waals surface area contributed by atoms with Crippen molar-refractivity contribution in [2.75, 3.05) is 24.9 Å². The zero-order chi connectivity index (χ0) is 20.4. The van der Waals surface area contributed by atoms with E-state index in [0.717, 1.165) is 11.1 Å². The van der Waals surface area contributed by atoms with Gasteiger partial charge in [0.2, 0.25) is 0 Å². The highest BCUT2D eigenvalue weighted by atomic mass is 32.2. The Morgan fingerprint density at radius 1 is 0.893 bits per heavy atom. The van der Waals surface area contributed by atoms with Crippen LogP contribution in [0.25, 0.3) is 5.57 Å². The number of rotatable bonds is 6. The van der Waals surface area contributed by atoms with Crippen molar-refractivity contribution in [1.82, 2.24) is 0 Å². The number of nitrogens with zero attached hydrogens (tertiary/aromatic N) is 1. The molecule has 6 heteroatoms. The van der Waals surface area contributed by atoms with Gasteiger partial charge in [-0.2, -0.15) is 0 Å². The van der Waals surface area contributed by atoms with Crippen LogP contribution in [0.3, 0.4) is 0 Å². The van der Waals surface area contributed by atoms with Crippen LogP contribution in [0, 0.1) is 13.8 Å². The maximum absolute atomic E-state index is 13.3. The number of anilines is 1. The molecule has 0 aromatic heterocycles. The third-order valence-corrected chi connectivity index (χ3v) is 5.42. The molecule has 146 valence electrons. The lowest BCUT2D eigenvalue weighted by Crippen LogP contribution is -2.31. The van der Waals surface area contributed by atoms with Gasteiger partial charge in [0.15, 0.2) is 11.5 Å². The van der Waals surface area contributed by atoms with Gasteiger partial charge in [0.1, 0.15) is 0 Å². The molecule has 1 heterocycles. The number of benzene rings is 2. The number of thioether (sulfide) groups is 1.